The minimum Gasteiger partial charge on any atom is -0.458 e. The molecule has 0 saturated carbocycles. The summed E-state index contributed by atoms with van der Waals surface area (Å²) in [6, 6.07) is 78.1. The molecular formula is C72H49B2NO6. The Morgan fingerprint density at radius 2 is 0.716 bits per heavy atom. The number of ether oxygens (including phenoxy) is 6. The molecule has 0 radical (unpaired) electrons. The number of benzene rings is 11. The standard InChI is InChI=1S/C72H49B2NO6/c1-71(2)52-37-46(76-44-25-13-7-14-26-44)33-35-48(52)50-39-60-64-69(62(50)71)78-58-31-19-17-29-54(58)73(64)56-41-57-68(66(67(56)80-60)75(42-21-9-5-10-22-42)43-23-11-6-12-24-43)81-61-40-51-49-36-34-47(77-45-27-15-8-16-28-45)38-53(49)72(3,4)63(51)70-65(61)74(57)55-30-18-20-32-59(55)79-70/h5-41H,1-4H3. The van der Waals surface area contributed by atoms with Gasteiger partial charge in [-0.25, -0.2) is 0 Å². The van der Waals surface area contributed by atoms with E-state index in [2.05, 4.69) is 196 Å². The minimum atomic E-state index is -0.468. The third-order valence-corrected chi connectivity index (χ3v) is 17.7. The smallest absolute Gasteiger partial charge is 0.260 e. The number of anilines is 3. The van der Waals surface area contributed by atoms with Crippen molar-refractivity contribution in [3.8, 4) is 91.2 Å². The van der Waals surface area contributed by atoms with E-state index in [0.29, 0.717) is 11.5 Å². The number of fused-ring (bicyclic) bond motifs is 16. The van der Waals surface area contributed by atoms with E-state index in [0.717, 1.165) is 152 Å². The van der Waals surface area contributed by atoms with Gasteiger partial charge in [0.25, 0.3) is 13.4 Å². The van der Waals surface area contributed by atoms with Gasteiger partial charge in [-0.3, -0.25) is 0 Å². The van der Waals surface area contributed by atoms with Crippen LogP contribution in [0.25, 0.3) is 22.3 Å². The normalized spacial score (nSPS) is 14.7. The van der Waals surface area contributed by atoms with E-state index in [4.69, 9.17) is 28.4 Å². The molecule has 2 aliphatic carbocycles. The Morgan fingerprint density at radius 1 is 0.333 bits per heavy atom. The zero-order valence-corrected chi connectivity index (χ0v) is 44.9. The van der Waals surface area contributed by atoms with Crippen LogP contribution in [0.2, 0.25) is 0 Å². The monoisotopic (exact) mass is 1050 g/mol. The van der Waals surface area contributed by atoms with Crippen molar-refractivity contribution in [1.82, 2.24) is 0 Å². The van der Waals surface area contributed by atoms with Crippen LogP contribution in [0.15, 0.2) is 224 Å². The summed E-state index contributed by atoms with van der Waals surface area (Å²) in [7, 11) is 0. The molecule has 0 bridgehead atoms. The van der Waals surface area contributed by atoms with Crippen molar-refractivity contribution in [1.29, 1.82) is 0 Å². The third kappa shape index (κ3) is 6.60. The van der Waals surface area contributed by atoms with Crippen molar-refractivity contribution < 1.29 is 28.4 Å². The molecule has 9 heteroatoms. The molecule has 17 rings (SSSR count). The van der Waals surface area contributed by atoms with Crippen LogP contribution in [-0.4, -0.2) is 13.4 Å². The Labute approximate surface area is 470 Å². The fourth-order valence-electron chi connectivity index (χ4n) is 14.2. The number of rotatable bonds is 7. The zero-order valence-electron chi connectivity index (χ0n) is 44.9. The minimum absolute atomic E-state index is 0.292. The SMILES string of the molecule is CC1(C)c2cc(Oc3ccccc3)ccc2-c2cc3c4c(c21)Oc1ccccc1B4c1cc2c(c(N(c4ccccc4)c4ccccc4)c1O3)Oc1cc3c(c4c1B2c1ccccc1O4)C(C)(C)c1cc(Oc2ccccc2)ccc1-3. The quantitative estimate of drug-likeness (QED) is 0.147. The Balaban J connectivity index is 0.926. The van der Waals surface area contributed by atoms with E-state index >= 15 is 0 Å². The van der Waals surface area contributed by atoms with Crippen LogP contribution in [0.5, 0.6) is 69.0 Å². The Bertz CT molecular complexity index is 4210. The third-order valence-electron chi connectivity index (χ3n) is 17.7. The first-order valence-corrected chi connectivity index (χ1v) is 27.9. The molecule has 0 amide bonds. The van der Waals surface area contributed by atoms with Gasteiger partial charge < -0.3 is 33.3 Å². The first-order chi connectivity index (χ1) is 39.7. The van der Waals surface area contributed by atoms with Gasteiger partial charge in [0.1, 0.15) is 63.2 Å². The highest BCUT2D eigenvalue weighted by atomic mass is 16.5. The van der Waals surface area contributed by atoms with Crippen LogP contribution in [-0.2, 0) is 10.8 Å². The number of hydrogen-bond acceptors (Lipinski definition) is 7. The Morgan fingerprint density at radius 3 is 1.15 bits per heavy atom. The summed E-state index contributed by atoms with van der Waals surface area (Å²) >= 11 is 0. The second-order valence-corrected chi connectivity index (χ2v) is 23.0. The molecular weight excluding hydrogens is 996 g/mol. The average Bonchev–Trinajstić information content (AvgIpc) is 3.96. The molecule has 4 heterocycles. The predicted molar refractivity (Wildman–Crippen MR) is 325 cm³/mol. The van der Waals surface area contributed by atoms with Crippen molar-refractivity contribution in [3.05, 3.63) is 247 Å². The lowest BCUT2D eigenvalue weighted by Gasteiger charge is -2.41. The molecule has 7 nitrogen and oxygen atoms in total. The van der Waals surface area contributed by atoms with Crippen molar-refractivity contribution in [3.63, 3.8) is 0 Å². The first kappa shape index (κ1) is 46.1. The molecule has 0 spiro atoms. The van der Waals surface area contributed by atoms with Crippen molar-refractivity contribution in [2.45, 2.75) is 38.5 Å². The molecule has 384 valence electrons. The van der Waals surface area contributed by atoms with Crippen LogP contribution in [0.4, 0.5) is 17.1 Å². The van der Waals surface area contributed by atoms with Crippen LogP contribution in [0, 0.1) is 0 Å². The Kier molecular flexibility index (Phi) is 9.58. The summed E-state index contributed by atoms with van der Waals surface area (Å²) < 4.78 is 43.2. The largest absolute Gasteiger partial charge is 0.458 e. The molecule has 0 saturated heterocycles. The van der Waals surface area contributed by atoms with Gasteiger partial charge >= 0.3 is 0 Å². The maximum Gasteiger partial charge on any atom is 0.260 e. The van der Waals surface area contributed by atoms with Gasteiger partial charge in [-0.1, -0.05) is 155 Å². The van der Waals surface area contributed by atoms with Crippen LogP contribution in [0.1, 0.15) is 49.9 Å². The lowest BCUT2D eigenvalue weighted by Crippen LogP contribution is -2.62. The van der Waals surface area contributed by atoms with Gasteiger partial charge in [-0.2, -0.15) is 0 Å². The Hall–Kier alpha value is -9.85. The molecule has 81 heavy (non-hydrogen) atoms. The van der Waals surface area contributed by atoms with E-state index in [1.54, 1.807) is 0 Å². The van der Waals surface area contributed by atoms with E-state index in [1.807, 2.05) is 60.7 Å². The van der Waals surface area contributed by atoms with E-state index in [9.17, 15) is 0 Å². The number of nitrogens with zero attached hydrogens (tertiary/aromatic N) is 1. The molecule has 0 fully saturated rings. The maximum absolute atomic E-state index is 7.77. The molecule has 4 aliphatic heterocycles. The zero-order chi connectivity index (χ0) is 53.9. The molecule has 0 unspecified atom stereocenters. The van der Waals surface area contributed by atoms with Crippen LogP contribution < -0.4 is 66.1 Å². The highest BCUT2D eigenvalue weighted by molar-refractivity contribution is 7.01. The number of para-hydroxylation sites is 6. The van der Waals surface area contributed by atoms with E-state index in [-0.39, 0.29) is 13.4 Å². The van der Waals surface area contributed by atoms with E-state index < -0.39 is 10.8 Å². The van der Waals surface area contributed by atoms with Gasteiger partial charge in [-0.15, -0.1) is 0 Å². The topological polar surface area (TPSA) is 58.6 Å². The van der Waals surface area contributed by atoms with Gasteiger partial charge in [0, 0.05) is 44.3 Å². The lowest BCUT2D eigenvalue weighted by molar-refractivity contribution is 0.445. The summed E-state index contributed by atoms with van der Waals surface area (Å²) in [6.07, 6.45) is 0. The van der Waals surface area contributed by atoms with Crippen LogP contribution >= 0.6 is 0 Å². The summed E-state index contributed by atoms with van der Waals surface area (Å²) in [6.45, 7) is 8.63. The van der Waals surface area contributed by atoms with Crippen LogP contribution in [0.3, 0.4) is 0 Å². The molecule has 0 N–H and O–H groups in total. The first-order valence-electron chi connectivity index (χ1n) is 27.9. The van der Waals surface area contributed by atoms with Crippen molar-refractivity contribution in [2.75, 3.05) is 4.90 Å². The fourth-order valence-corrected chi connectivity index (χ4v) is 14.2. The van der Waals surface area contributed by atoms with Gasteiger partial charge in [-0.05, 0) is 152 Å². The highest BCUT2D eigenvalue weighted by Gasteiger charge is 2.53. The summed E-state index contributed by atoms with van der Waals surface area (Å²) in [5.74, 6) is 9.37. The summed E-state index contributed by atoms with van der Waals surface area (Å²) in [4.78, 5) is 2.33. The van der Waals surface area contributed by atoms with E-state index in [1.165, 1.54) is 0 Å². The predicted octanol–water partition coefficient (Wildman–Crippen LogP) is 14.8. The van der Waals surface area contributed by atoms with Gasteiger partial charge in [0.2, 0.25) is 0 Å². The van der Waals surface area contributed by atoms with Gasteiger partial charge in [0.05, 0.1) is 0 Å². The molecule has 6 aliphatic rings. The number of hydrogen-bond donors (Lipinski definition) is 0. The lowest BCUT2D eigenvalue weighted by atomic mass is 9.31. The second-order valence-electron chi connectivity index (χ2n) is 23.0. The highest BCUT2D eigenvalue weighted by Crippen LogP contribution is 2.60. The van der Waals surface area contributed by atoms with Gasteiger partial charge in [0.15, 0.2) is 11.5 Å². The maximum atomic E-state index is 7.77. The summed E-state index contributed by atoms with van der Waals surface area (Å²) in [5, 5.41) is 0. The van der Waals surface area contributed by atoms with Crippen molar-refractivity contribution in [2.24, 2.45) is 0 Å². The fraction of sp³-hybridized carbons (Fsp3) is 0.0833. The second kappa shape index (κ2) is 16.8. The van der Waals surface area contributed by atoms with Crippen molar-refractivity contribution >= 4 is 63.3 Å². The molecule has 11 aromatic carbocycles. The average molecular weight is 1050 g/mol. The molecule has 11 aromatic rings. The molecule has 0 aromatic heterocycles. The summed E-state index contributed by atoms with van der Waals surface area (Å²) in [5.41, 5.74) is 17.0. The molecule has 0 atom stereocenters.